The normalized spacial score (nSPS) is 23.8. The minimum atomic E-state index is -0.988. The molecule has 4 nitrogen and oxygen atoms in total. The van der Waals surface area contributed by atoms with Gasteiger partial charge in [0.15, 0.2) is 0 Å². The molecule has 0 radical (unpaired) electrons. The van der Waals surface area contributed by atoms with Gasteiger partial charge in [0.25, 0.3) is 0 Å². The molecular formula is C15H23NO3. The zero-order valence-electron chi connectivity index (χ0n) is 12.0. The van der Waals surface area contributed by atoms with Crippen LogP contribution in [0.3, 0.4) is 0 Å². The highest BCUT2D eigenvalue weighted by Crippen LogP contribution is 2.27. The summed E-state index contributed by atoms with van der Waals surface area (Å²) in [6, 6.07) is 2.43. The van der Waals surface area contributed by atoms with E-state index in [-0.39, 0.29) is 5.76 Å². The summed E-state index contributed by atoms with van der Waals surface area (Å²) < 4.78 is 5.42. The van der Waals surface area contributed by atoms with Gasteiger partial charge in [0.1, 0.15) is 5.76 Å². The smallest absolute Gasteiger partial charge is 0.372 e. The minimum absolute atomic E-state index is 0.0701. The lowest BCUT2D eigenvalue weighted by Crippen LogP contribution is -2.34. The molecule has 0 atom stereocenters. The largest absolute Gasteiger partial charge is 0.475 e. The number of carboxylic acid groups (broad SMARTS) is 1. The first-order valence-corrected chi connectivity index (χ1v) is 7.00. The maximum absolute atomic E-state index is 11.0. The van der Waals surface area contributed by atoms with E-state index in [1.54, 1.807) is 6.92 Å². The first-order chi connectivity index (χ1) is 8.97. The SMILES string of the molecule is Cc1cc(CN(C)C2CCC(C)CC2)oc1C(=O)O. The number of nitrogens with zero attached hydrogens (tertiary/aromatic N) is 1. The van der Waals surface area contributed by atoms with Crippen molar-refractivity contribution in [1.82, 2.24) is 4.90 Å². The Kier molecular flexibility index (Phi) is 4.30. The Morgan fingerprint density at radius 1 is 1.42 bits per heavy atom. The first-order valence-electron chi connectivity index (χ1n) is 7.00. The molecule has 1 heterocycles. The van der Waals surface area contributed by atoms with Crippen molar-refractivity contribution in [1.29, 1.82) is 0 Å². The molecule has 0 aliphatic heterocycles. The van der Waals surface area contributed by atoms with Crippen molar-refractivity contribution in [2.24, 2.45) is 5.92 Å². The van der Waals surface area contributed by atoms with Crippen molar-refractivity contribution >= 4 is 5.97 Å². The van der Waals surface area contributed by atoms with E-state index in [0.717, 1.165) is 11.7 Å². The Morgan fingerprint density at radius 3 is 2.58 bits per heavy atom. The average Bonchev–Trinajstić information content (AvgIpc) is 2.71. The van der Waals surface area contributed by atoms with Gasteiger partial charge in [0, 0.05) is 11.6 Å². The number of aryl methyl sites for hydroxylation is 1. The highest BCUT2D eigenvalue weighted by Gasteiger charge is 2.23. The zero-order valence-corrected chi connectivity index (χ0v) is 12.0. The van der Waals surface area contributed by atoms with Crippen molar-refractivity contribution in [3.8, 4) is 0 Å². The average molecular weight is 265 g/mol. The maximum atomic E-state index is 11.0. The van der Waals surface area contributed by atoms with E-state index < -0.39 is 5.97 Å². The number of rotatable bonds is 4. The van der Waals surface area contributed by atoms with Crippen LogP contribution in [0.4, 0.5) is 0 Å². The third-order valence-electron chi connectivity index (χ3n) is 4.18. The number of carboxylic acids is 1. The number of hydrogen-bond acceptors (Lipinski definition) is 3. The van der Waals surface area contributed by atoms with E-state index in [1.807, 2.05) is 6.07 Å². The predicted molar refractivity (Wildman–Crippen MR) is 73.3 cm³/mol. The summed E-state index contributed by atoms with van der Waals surface area (Å²) in [7, 11) is 2.10. The van der Waals surface area contributed by atoms with Crippen LogP contribution in [0.2, 0.25) is 0 Å². The standard InChI is InChI=1S/C15H23NO3/c1-10-4-6-12(7-5-10)16(3)9-13-8-11(2)14(19-13)15(17)18/h8,10,12H,4-7,9H2,1-3H3,(H,17,18). The van der Waals surface area contributed by atoms with Gasteiger partial charge < -0.3 is 9.52 Å². The van der Waals surface area contributed by atoms with Gasteiger partial charge in [-0.05, 0) is 51.6 Å². The molecule has 4 heteroatoms. The summed E-state index contributed by atoms with van der Waals surface area (Å²) in [5, 5.41) is 8.98. The van der Waals surface area contributed by atoms with Crippen molar-refractivity contribution in [3.05, 3.63) is 23.2 Å². The molecule has 1 aliphatic rings. The van der Waals surface area contributed by atoms with Crippen molar-refractivity contribution in [3.63, 3.8) is 0 Å². The summed E-state index contributed by atoms with van der Waals surface area (Å²) in [4.78, 5) is 13.2. The molecule has 106 valence electrons. The van der Waals surface area contributed by atoms with E-state index >= 15 is 0 Å². The van der Waals surface area contributed by atoms with Crippen LogP contribution in [0.25, 0.3) is 0 Å². The Balaban J connectivity index is 1.97. The zero-order chi connectivity index (χ0) is 14.0. The van der Waals surface area contributed by atoms with E-state index in [4.69, 9.17) is 9.52 Å². The van der Waals surface area contributed by atoms with Gasteiger partial charge in [0.2, 0.25) is 5.76 Å². The van der Waals surface area contributed by atoms with Crippen LogP contribution in [-0.4, -0.2) is 29.1 Å². The first kappa shape index (κ1) is 14.1. The van der Waals surface area contributed by atoms with Crippen molar-refractivity contribution in [2.45, 2.75) is 52.1 Å². The number of furan rings is 1. The molecule has 1 aromatic rings. The Labute approximate surface area is 114 Å². The Hall–Kier alpha value is -1.29. The summed E-state index contributed by atoms with van der Waals surface area (Å²) in [6.45, 7) is 4.77. The van der Waals surface area contributed by atoms with E-state index in [1.165, 1.54) is 25.7 Å². The lowest BCUT2D eigenvalue weighted by atomic mass is 9.87. The van der Waals surface area contributed by atoms with Crippen LogP contribution in [0.1, 0.15) is 54.5 Å². The monoisotopic (exact) mass is 265 g/mol. The molecule has 19 heavy (non-hydrogen) atoms. The van der Waals surface area contributed by atoms with E-state index in [2.05, 4.69) is 18.9 Å². The van der Waals surface area contributed by atoms with E-state index in [0.29, 0.717) is 18.2 Å². The van der Waals surface area contributed by atoms with Crippen molar-refractivity contribution in [2.75, 3.05) is 7.05 Å². The summed E-state index contributed by atoms with van der Waals surface area (Å²) in [5.41, 5.74) is 0.702. The number of hydrogen-bond donors (Lipinski definition) is 1. The molecule has 2 rings (SSSR count). The highest BCUT2D eigenvalue weighted by atomic mass is 16.4. The summed E-state index contributed by atoms with van der Waals surface area (Å²) in [6.07, 6.45) is 5.02. The highest BCUT2D eigenvalue weighted by molar-refractivity contribution is 5.86. The lowest BCUT2D eigenvalue weighted by molar-refractivity contribution is 0.0656. The fourth-order valence-electron chi connectivity index (χ4n) is 2.90. The molecule has 1 aromatic heterocycles. The second-order valence-corrected chi connectivity index (χ2v) is 5.86. The quantitative estimate of drug-likeness (QED) is 0.907. The molecule has 0 unspecified atom stereocenters. The molecule has 1 N–H and O–H groups in total. The third kappa shape index (κ3) is 3.38. The molecule has 1 saturated carbocycles. The van der Waals surface area contributed by atoms with Gasteiger partial charge in [-0.1, -0.05) is 6.92 Å². The fourth-order valence-corrected chi connectivity index (χ4v) is 2.90. The van der Waals surface area contributed by atoms with Gasteiger partial charge in [0.05, 0.1) is 6.54 Å². The second kappa shape index (κ2) is 5.78. The molecule has 0 spiro atoms. The molecule has 1 fully saturated rings. The van der Waals surface area contributed by atoms with Crippen LogP contribution < -0.4 is 0 Å². The van der Waals surface area contributed by atoms with Crippen LogP contribution in [0.15, 0.2) is 10.5 Å². The fraction of sp³-hybridized carbons (Fsp3) is 0.667. The van der Waals surface area contributed by atoms with Gasteiger partial charge in [-0.25, -0.2) is 4.79 Å². The molecule has 0 saturated heterocycles. The Morgan fingerprint density at radius 2 is 2.05 bits per heavy atom. The molecular weight excluding hydrogens is 242 g/mol. The van der Waals surface area contributed by atoms with Gasteiger partial charge in [-0.2, -0.15) is 0 Å². The summed E-state index contributed by atoms with van der Waals surface area (Å²) >= 11 is 0. The lowest BCUT2D eigenvalue weighted by Gasteiger charge is -2.33. The second-order valence-electron chi connectivity index (χ2n) is 5.86. The van der Waals surface area contributed by atoms with Gasteiger partial charge in [-0.3, -0.25) is 4.90 Å². The van der Waals surface area contributed by atoms with Crippen molar-refractivity contribution < 1.29 is 14.3 Å². The summed E-state index contributed by atoms with van der Waals surface area (Å²) in [5.74, 6) is 0.670. The van der Waals surface area contributed by atoms with Gasteiger partial charge >= 0.3 is 5.97 Å². The number of carbonyl (C=O) groups is 1. The molecule has 0 bridgehead atoms. The number of aromatic carboxylic acids is 1. The van der Waals surface area contributed by atoms with Gasteiger partial charge in [-0.15, -0.1) is 0 Å². The minimum Gasteiger partial charge on any atom is -0.475 e. The van der Waals surface area contributed by atoms with E-state index in [9.17, 15) is 4.79 Å². The van der Waals surface area contributed by atoms with Crippen LogP contribution in [-0.2, 0) is 6.54 Å². The maximum Gasteiger partial charge on any atom is 0.372 e. The predicted octanol–water partition coefficient (Wildman–Crippen LogP) is 3.30. The van der Waals surface area contributed by atoms with Crippen LogP contribution in [0, 0.1) is 12.8 Å². The Bertz CT molecular complexity index is 444. The molecule has 1 aliphatic carbocycles. The molecule has 0 amide bonds. The third-order valence-corrected chi connectivity index (χ3v) is 4.18. The molecule has 0 aromatic carbocycles. The topological polar surface area (TPSA) is 53.7 Å². The van der Waals surface area contributed by atoms with Crippen LogP contribution in [0.5, 0.6) is 0 Å². The van der Waals surface area contributed by atoms with Crippen LogP contribution >= 0.6 is 0 Å².